The van der Waals surface area contributed by atoms with Gasteiger partial charge >= 0.3 is 5.97 Å². The molecule has 0 amide bonds. The number of carbonyl (C=O) groups is 2. The number of nitrogens with one attached hydrogen (secondary N) is 1. The summed E-state index contributed by atoms with van der Waals surface area (Å²) >= 11 is 0. The van der Waals surface area contributed by atoms with Crippen molar-refractivity contribution >= 4 is 11.8 Å². The van der Waals surface area contributed by atoms with Gasteiger partial charge in [0.2, 0.25) is 0 Å². The van der Waals surface area contributed by atoms with E-state index in [9.17, 15) is 9.59 Å². The smallest absolute Gasteiger partial charge is 0.307 e. The summed E-state index contributed by atoms with van der Waals surface area (Å²) in [6, 6.07) is -0.411. The van der Waals surface area contributed by atoms with Gasteiger partial charge < -0.3 is 10.1 Å². The number of carbonyl (C=O) groups excluding carboxylic acids is 2. The first kappa shape index (κ1) is 14.1. The predicted octanol–water partition coefficient (Wildman–Crippen LogP) is 1.14. The third-order valence-corrected chi connectivity index (χ3v) is 1.94. The van der Waals surface area contributed by atoms with Crippen LogP contribution in [-0.2, 0) is 14.3 Å². The first-order valence-corrected chi connectivity index (χ1v) is 5.36. The number of ketones is 1. The largest absolute Gasteiger partial charge is 0.466 e. The molecule has 4 nitrogen and oxygen atoms in total. The van der Waals surface area contributed by atoms with Gasteiger partial charge in [-0.25, -0.2) is 0 Å². The molecule has 0 aromatic carbocycles. The van der Waals surface area contributed by atoms with Gasteiger partial charge in [0.15, 0.2) is 0 Å². The van der Waals surface area contributed by atoms with Crippen LogP contribution in [0.25, 0.3) is 0 Å². The summed E-state index contributed by atoms with van der Waals surface area (Å²) in [4.78, 5) is 22.4. The van der Waals surface area contributed by atoms with Crippen molar-refractivity contribution in [2.45, 2.75) is 40.2 Å². The molecule has 0 fully saturated rings. The maximum absolute atomic E-state index is 11.2. The molecule has 88 valence electrons. The van der Waals surface area contributed by atoms with Gasteiger partial charge in [0.05, 0.1) is 19.1 Å². The molecule has 1 N–H and O–H groups in total. The van der Waals surface area contributed by atoms with E-state index in [0.29, 0.717) is 12.5 Å². The molecule has 0 spiro atoms. The zero-order valence-electron chi connectivity index (χ0n) is 10.0. The van der Waals surface area contributed by atoms with Crippen LogP contribution in [0.1, 0.15) is 34.1 Å². The summed E-state index contributed by atoms with van der Waals surface area (Å²) in [7, 11) is 0. The van der Waals surface area contributed by atoms with Crippen molar-refractivity contribution < 1.29 is 14.3 Å². The third-order valence-electron chi connectivity index (χ3n) is 1.94. The fourth-order valence-corrected chi connectivity index (χ4v) is 1.12. The zero-order valence-corrected chi connectivity index (χ0v) is 10.0. The Morgan fingerprint density at radius 2 is 1.93 bits per heavy atom. The van der Waals surface area contributed by atoms with Gasteiger partial charge in [0.1, 0.15) is 5.78 Å². The topological polar surface area (TPSA) is 55.4 Å². The van der Waals surface area contributed by atoms with Gasteiger partial charge in [-0.15, -0.1) is 0 Å². The van der Waals surface area contributed by atoms with Crippen molar-refractivity contribution in [3.63, 3.8) is 0 Å². The van der Waals surface area contributed by atoms with Crippen LogP contribution in [0.2, 0.25) is 0 Å². The van der Waals surface area contributed by atoms with Crippen molar-refractivity contribution in [3.8, 4) is 0 Å². The Kier molecular flexibility index (Phi) is 6.96. The Labute approximate surface area is 91.4 Å². The molecule has 0 bridgehead atoms. The molecule has 1 unspecified atom stereocenters. The lowest BCUT2D eigenvalue weighted by molar-refractivity contribution is -0.145. The molecule has 0 aromatic heterocycles. The summed E-state index contributed by atoms with van der Waals surface area (Å²) < 4.78 is 4.80. The van der Waals surface area contributed by atoms with Crippen LogP contribution in [0.15, 0.2) is 0 Å². The van der Waals surface area contributed by atoms with Gasteiger partial charge in [-0.3, -0.25) is 9.59 Å². The molecule has 0 saturated heterocycles. The number of Topliss-reactive ketones (excluding diaryl/α,β-unsaturated/α-hetero) is 1. The first-order valence-electron chi connectivity index (χ1n) is 5.36. The van der Waals surface area contributed by atoms with Crippen LogP contribution < -0.4 is 5.32 Å². The van der Waals surface area contributed by atoms with Gasteiger partial charge in [-0.1, -0.05) is 13.8 Å². The fourth-order valence-electron chi connectivity index (χ4n) is 1.12. The number of ether oxygens (including phenoxy) is 1. The second-order valence-electron chi connectivity index (χ2n) is 3.97. The van der Waals surface area contributed by atoms with Crippen LogP contribution in [0.5, 0.6) is 0 Å². The van der Waals surface area contributed by atoms with Crippen LogP contribution in [0.3, 0.4) is 0 Å². The summed E-state index contributed by atoms with van der Waals surface area (Å²) in [6.45, 7) is 8.42. The average Bonchev–Trinajstić information content (AvgIpc) is 2.11. The Morgan fingerprint density at radius 3 is 2.33 bits per heavy atom. The molecule has 0 rings (SSSR count). The van der Waals surface area contributed by atoms with E-state index in [1.807, 2.05) is 0 Å². The number of hydrogen-bond acceptors (Lipinski definition) is 4. The lowest BCUT2D eigenvalue weighted by atomic mass is 10.1. The molecule has 0 aliphatic heterocycles. The molecule has 0 aliphatic rings. The fraction of sp³-hybridized carbons (Fsp3) is 0.818. The average molecular weight is 215 g/mol. The van der Waals surface area contributed by atoms with E-state index >= 15 is 0 Å². The normalized spacial score (nSPS) is 12.6. The van der Waals surface area contributed by atoms with E-state index in [0.717, 1.165) is 6.54 Å². The van der Waals surface area contributed by atoms with E-state index in [1.54, 1.807) is 6.92 Å². The van der Waals surface area contributed by atoms with Gasteiger partial charge in [-0.05, 0) is 26.3 Å². The molecule has 0 heterocycles. The molecule has 0 aromatic rings. The molecule has 1 atom stereocenters. The minimum Gasteiger partial charge on any atom is -0.466 e. The number of rotatable bonds is 7. The standard InChI is InChI=1S/C11H21NO3/c1-5-15-11(14)6-10(9(4)13)12-7-8(2)3/h8,10,12H,5-7H2,1-4H3. The van der Waals surface area contributed by atoms with E-state index in [2.05, 4.69) is 19.2 Å². The van der Waals surface area contributed by atoms with Crippen molar-refractivity contribution in [3.05, 3.63) is 0 Å². The van der Waals surface area contributed by atoms with Crippen molar-refractivity contribution in [1.29, 1.82) is 0 Å². The van der Waals surface area contributed by atoms with Crippen molar-refractivity contribution in [1.82, 2.24) is 5.32 Å². The second kappa shape index (κ2) is 7.40. The Morgan fingerprint density at radius 1 is 1.33 bits per heavy atom. The number of hydrogen-bond donors (Lipinski definition) is 1. The molecule has 0 aliphatic carbocycles. The molecular weight excluding hydrogens is 194 g/mol. The monoisotopic (exact) mass is 215 g/mol. The quantitative estimate of drug-likeness (QED) is 0.647. The maximum Gasteiger partial charge on any atom is 0.307 e. The SMILES string of the molecule is CCOC(=O)CC(NCC(C)C)C(C)=O. The Hall–Kier alpha value is -0.900. The van der Waals surface area contributed by atoms with E-state index in [1.165, 1.54) is 6.92 Å². The van der Waals surface area contributed by atoms with Crippen LogP contribution in [0.4, 0.5) is 0 Å². The highest BCUT2D eigenvalue weighted by atomic mass is 16.5. The van der Waals surface area contributed by atoms with Crippen molar-refractivity contribution in [2.24, 2.45) is 5.92 Å². The van der Waals surface area contributed by atoms with Gasteiger partial charge in [0, 0.05) is 0 Å². The zero-order chi connectivity index (χ0) is 11.8. The predicted molar refractivity (Wildman–Crippen MR) is 58.6 cm³/mol. The lowest BCUT2D eigenvalue weighted by Crippen LogP contribution is -2.39. The highest BCUT2D eigenvalue weighted by Crippen LogP contribution is 1.99. The van der Waals surface area contributed by atoms with Gasteiger partial charge in [0.25, 0.3) is 0 Å². The molecule has 15 heavy (non-hydrogen) atoms. The highest BCUT2D eigenvalue weighted by molar-refractivity contribution is 5.86. The Balaban J connectivity index is 4.04. The van der Waals surface area contributed by atoms with Crippen LogP contribution >= 0.6 is 0 Å². The molecule has 4 heteroatoms. The maximum atomic E-state index is 11.2. The van der Waals surface area contributed by atoms with Crippen LogP contribution in [0, 0.1) is 5.92 Å². The molecule has 0 radical (unpaired) electrons. The van der Waals surface area contributed by atoms with E-state index in [-0.39, 0.29) is 18.2 Å². The van der Waals surface area contributed by atoms with E-state index in [4.69, 9.17) is 4.74 Å². The second-order valence-corrected chi connectivity index (χ2v) is 3.97. The molecular formula is C11H21NO3. The van der Waals surface area contributed by atoms with Crippen molar-refractivity contribution in [2.75, 3.05) is 13.2 Å². The Bertz CT molecular complexity index is 214. The summed E-state index contributed by atoms with van der Waals surface area (Å²) in [5, 5.41) is 3.06. The summed E-state index contributed by atoms with van der Waals surface area (Å²) in [6.07, 6.45) is 0.121. The third kappa shape index (κ3) is 7.08. The lowest BCUT2D eigenvalue weighted by Gasteiger charge is -2.16. The minimum absolute atomic E-state index is 0.0243. The van der Waals surface area contributed by atoms with Gasteiger partial charge in [-0.2, -0.15) is 0 Å². The van der Waals surface area contributed by atoms with Crippen LogP contribution in [-0.4, -0.2) is 30.9 Å². The number of esters is 1. The van der Waals surface area contributed by atoms with E-state index < -0.39 is 6.04 Å². The summed E-state index contributed by atoms with van der Waals surface area (Å²) in [5.41, 5.74) is 0. The highest BCUT2D eigenvalue weighted by Gasteiger charge is 2.18. The first-order chi connectivity index (χ1) is 6.97. The minimum atomic E-state index is -0.411. The summed E-state index contributed by atoms with van der Waals surface area (Å²) in [5.74, 6) is 0.103. The molecule has 0 saturated carbocycles.